The molecule has 4 aliphatic rings. The molecule has 8 atom stereocenters. The lowest BCUT2D eigenvalue weighted by Gasteiger charge is -2.58. The molecule has 0 aromatic carbocycles. The average molecular weight is 477 g/mol. The third-order valence-corrected chi connectivity index (χ3v) is 11.7. The van der Waals surface area contributed by atoms with Gasteiger partial charge in [-0.25, -0.2) is 0 Å². The second-order valence-corrected chi connectivity index (χ2v) is 14.1. The summed E-state index contributed by atoms with van der Waals surface area (Å²) >= 11 is 6.93. The fourth-order valence-corrected chi connectivity index (χ4v) is 9.31. The Hall–Kier alpha value is -0.0200. The van der Waals surface area contributed by atoms with Gasteiger partial charge in [-0.3, -0.25) is 0 Å². The molecule has 0 heterocycles. The minimum atomic E-state index is 0.308. The first kappa shape index (κ1) is 25.1. The molecule has 182 valence electrons. The molecule has 3 heteroatoms. The van der Waals surface area contributed by atoms with E-state index >= 15 is 0 Å². The molecule has 4 aliphatic carbocycles. The van der Waals surface area contributed by atoms with Crippen molar-refractivity contribution in [1.82, 2.24) is 0 Å². The van der Waals surface area contributed by atoms with Crippen LogP contribution in [-0.4, -0.2) is 16.7 Å². The fourth-order valence-electron chi connectivity index (χ4n) is 8.94. The van der Waals surface area contributed by atoms with Crippen molar-refractivity contribution in [2.24, 2.45) is 46.3 Å². The zero-order valence-electron chi connectivity index (χ0n) is 21.6. The predicted molar refractivity (Wildman–Crippen MR) is 144 cm³/mol. The Bertz CT molecular complexity index is 714. The van der Waals surface area contributed by atoms with E-state index in [9.17, 15) is 0 Å². The molecule has 1 nitrogen and oxygen atoms in total. The zero-order chi connectivity index (χ0) is 23.1. The summed E-state index contributed by atoms with van der Waals surface area (Å²) in [5, 5.41) is 0. The topological polar surface area (TPSA) is 9.23 Å². The molecule has 0 amide bonds. The van der Waals surface area contributed by atoms with Crippen LogP contribution in [0.25, 0.3) is 0 Å². The summed E-state index contributed by atoms with van der Waals surface area (Å²) in [6.45, 7) is 12.7. The van der Waals surface area contributed by atoms with Crippen molar-refractivity contribution < 1.29 is 4.74 Å². The third kappa shape index (κ3) is 4.60. The van der Waals surface area contributed by atoms with Crippen LogP contribution >= 0.6 is 24.0 Å². The Morgan fingerprint density at radius 2 is 1.88 bits per heavy atom. The van der Waals surface area contributed by atoms with Gasteiger partial charge in [-0.2, -0.15) is 0 Å². The van der Waals surface area contributed by atoms with Crippen molar-refractivity contribution in [2.75, 3.05) is 6.26 Å². The van der Waals surface area contributed by atoms with Crippen LogP contribution in [0.1, 0.15) is 105 Å². The molecule has 3 saturated carbocycles. The van der Waals surface area contributed by atoms with Gasteiger partial charge in [-0.05, 0) is 110 Å². The lowest BCUT2D eigenvalue weighted by Crippen LogP contribution is -2.51. The van der Waals surface area contributed by atoms with Gasteiger partial charge < -0.3 is 4.74 Å². The summed E-state index contributed by atoms with van der Waals surface area (Å²) in [4.78, 5) is 0. The lowest BCUT2D eigenvalue weighted by atomic mass is 9.47. The highest BCUT2D eigenvalue weighted by Gasteiger charge is 2.59. The molecule has 32 heavy (non-hydrogen) atoms. The quantitative estimate of drug-likeness (QED) is 0.279. The van der Waals surface area contributed by atoms with Crippen LogP contribution in [-0.2, 0) is 4.74 Å². The van der Waals surface area contributed by atoms with Crippen molar-refractivity contribution >= 4 is 28.4 Å². The molecule has 0 N–H and O–H groups in total. The number of rotatable bonds is 6. The normalized spacial score (nSPS) is 42.0. The Kier molecular flexibility index (Phi) is 7.78. The molecule has 0 spiro atoms. The third-order valence-electron chi connectivity index (χ3n) is 10.7. The van der Waals surface area contributed by atoms with Crippen molar-refractivity contribution in [3.05, 3.63) is 11.6 Å². The molecule has 0 bridgehead atoms. The summed E-state index contributed by atoms with van der Waals surface area (Å²) in [6.07, 6.45) is 20.1. The van der Waals surface area contributed by atoms with E-state index in [1.165, 1.54) is 64.2 Å². The maximum absolute atomic E-state index is 6.10. The van der Waals surface area contributed by atoms with Gasteiger partial charge in [-0.1, -0.05) is 77.3 Å². The first-order valence-electron chi connectivity index (χ1n) is 13.6. The SMILES string of the molecule is CSC(=S)O[C@@H]1CC[C@]2(C)C(=CC[C@@H]3[C@H]2CC[C@@]2(C)[C@H]3CC[C@H]2[C@H](C)CCCC(C)C)C1. The maximum Gasteiger partial charge on any atom is 0.219 e. The Morgan fingerprint density at radius 3 is 2.59 bits per heavy atom. The number of hydrogen-bond acceptors (Lipinski definition) is 3. The Morgan fingerprint density at radius 1 is 1.09 bits per heavy atom. The Balaban J connectivity index is 1.45. The molecule has 3 fully saturated rings. The molecular formula is C29H48OS2. The molecule has 0 aromatic rings. The fraction of sp³-hybridized carbons (Fsp3) is 0.897. The van der Waals surface area contributed by atoms with E-state index in [0.717, 1.165) is 46.3 Å². The maximum atomic E-state index is 6.10. The van der Waals surface area contributed by atoms with Gasteiger partial charge >= 0.3 is 0 Å². The number of thioether (sulfide) groups is 1. The second-order valence-electron chi connectivity index (χ2n) is 12.7. The molecule has 0 saturated heterocycles. The highest BCUT2D eigenvalue weighted by atomic mass is 32.2. The second kappa shape index (κ2) is 9.92. The smallest absolute Gasteiger partial charge is 0.219 e. The van der Waals surface area contributed by atoms with Gasteiger partial charge in [0.05, 0.1) is 0 Å². The highest BCUT2D eigenvalue weighted by Crippen LogP contribution is 2.67. The van der Waals surface area contributed by atoms with E-state index in [0.29, 0.717) is 16.9 Å². The van der Waals surface area contributed by atoms with Crippen LogP contribution in [0.5, 0.6) is 0 Å². The standard InChI is InChI=1S/C29H48OS2/c1-19(2)8-7-9-20(3)24-12-13-25-23-11-10-21-18-22(30-27(31)32-6)14-16-28(21,4)26(23)15-17-29(24,25)5/h10,19-20,22-26H,7-9,11-18H2,1-6H3/t20-,22-,23+,24+,25+,26-,28-,29-/m1/s1. The summed E-state index contributed by atoms with van der Waals surface area (Å²) in [6, 6.07) is 0. The van der Waals surface area contributed by atoms with Crippen molar-refractivity contribution in [3.8, 4) is 0 Å². The first-order valence-corrected chi connectivity index (χ1v) is 15.3. The summed E-state index contributed by atoms with van der Waals surface area (Å²) < 4.78 is 6.82. The monoisotopic (exact) mass is 476 g/mol. The van der Waals surface area contributed by atoms with Crippen LogP contribution in [0, 0.1) is 46.3 Å². The van der Waals surface area contributed by atoms with Crippen LogP contribution in [0.15, 0.2) is 11.6 Å². The van der Waals surface area contributed by atoms with E-state index in [-0.39, 0.29) is 0 Å². The zero-order valence-corrected chi connectivity index (χ0v) is 23.3. The van der Waals surface area contributed by atoms with E-state index in [1.54, 1.807) is 17.3 Å². The van der Waals surface area contributed by atoms with E-state index in [2.05, 4.69) is 40.7 Å². The van der Waals surface area contributed by atoms with Crippen molar-refractivity contribution in [2.45, 2.75) is 111 Å². The molecule has 0 aliphatic heterocycles. The number of ether oxygens (including phenoxy) is 1. The van der Waals surface area contributed by atoms with Gasteiger partial charge in [-0.15, -0.1) is 0 Å². The Labute approximate surface area is 208 Å². The molecule has 0 aromatic heterocycles. The van der Waals surface area contributed by atoms with Gasteiger partial charge in [0.1, 0.15) is 6.10 Å². The highest BCUT2D eigenvalue weighted by molar-refractivity contribution is 8.22. The summed E-state index contributed by atoms with van der Waals surface area (Å²) in [7, 11) is 0. The van der Waals surface area contributed by atoms with Crippen LogP contribution in [0.4, 0.5) is 0 Å². The number of fused-ring (bicyclic) bond motifs is 5. The van der Waals surface area contributed by atoms with Gasteiger partial charge in [0, 0.05) is 6.42 Å². The first-order chi connectivity index (χ1) is 15.2. The molecule has 0 radical (unpaired) electrons. The van der Waals surface area contributed by atoms with Gasteiger partial charge in [0.2, 0.25) is 4.38 Å². The van der Waals surface area contributed by atoms with E-state index in [1.807, 2.05) is 6.26 Å². The van der Waals surface area contributed by atoms with Crippen LogP contribution in [0.2, 0.25) is 0 Å². The van der Waals surface area contributed by atoms with Gasteiger partial charge in [0.25, 0.3) is 0 Å². The predicted octanol–water partition coefficient (Wildman–Crippen LogP) is 9.06. The van der Waals surface area contributed by atoms with Crippen LogP contribution in [0.3, 0.4) is 0 Å². The molecule has 4 rings (SSSR count). The minimum absolute atomic E-state index is 0.308. The summed E-state index contributed by atoms with van der Waals surface area (Å²) in [5.41, 5.74) is 2.70. The van der Waals surface area contributed by atoms with Gasteiger partial charge in [0.15, 0.2) is 0 Å². The minimum Gasteiger partial charge on any atom is -0.475 e. The average Bonchev–Trinajstić information content (AvgIpc) is 3.11. The number of hydrogen-bond donors (Lipinski definition) is 0. The molecular weight excluding hydrogens is 428 g/mol. The van der Waals surface area contributed by atoms with Crippen molar-refractivity contribution in [1.29, 1.82) is 0 Å². The van der Waals surface area contributed by atoms with Crippen molar-refractivity contribution in [3.63, 3.8) is 0 Å². The van der Waals surface area contributed by atoms with Crippen LogP contribution < -0.4 is 0 Å². The number of allylic oxidation sites excluding steroid dienone is 1. The lowest BCUT2D eigenvalue weighted by molar-refractivity contribution is -0.0561. The number of thiocarbonyl (C=S) groups is 1. The molecule has 0 unspecified atom stereocenters. The summed E-state index contributed by atoms with van der Waals surface area (Å²) in [5.74, 6) is 5.47. The van der Waals surface area contributed by atoms with E-state index < -0.39 is 0 Å². The largest absolute Gasteiger partial charge is 0.475 e. The van der Waals surface area contributed by atoms with E-state index in [4.69, 9.17) is 17.0 Å².